The maximum atomic E-state index is 7.75. The monoisotopic (exact) mass is 1810 g/mol. The minimum atomic E-state index is -0.140. The normalized spacial score (nSPS) is 11.4. The second kappa shape index (κ2) is 61.8. The first kappa shape index (κ1) is 110. The molecule has 53 nitrogen and oxygen atoms in total. The van der Waals surface area contributed by atoms with Crippen LogP contribution >= 0.6 is 11.3 Å². The van der Waals surface area contributed by atoms with Gasteiger partial charge in [-0.2, -0.15) is 30.0 Å². The van der Waals surface area contributed by atoms with Crippen molar-refractivity contribution in [2.24, 2.45) is 173 Å². The van der Waals surface area contributed by atoms with Gasteiger partial charge in [0.2, 0.25) is 35.8 Å². The number of nitrogens with two attached hydrogens (primary N) is 18. The van der Waals surface area contributed by atoms with E-state index in [2.05, 4.69) is 120 Å². The summed E-state index contributed by atoms with van der Waals surface area (Å²) in [7, 11) is 20.4. The van der Waals surface area contributed by atoms with Crippen molar-refractivity contribution in [2.45, 2.75) is 59.3 Å². The van der Waals surface area contributed by atoms with Crippen LogP contribution in [-0.2, 0) is 52.4 Å². The zero-order chi connectivity index (χ0) is 96.9. The lowest BCUT2D eigenvalue weighted by molar-refractivity contribution is 0.436. The molecule has 9 heterocycles. The van der Waals surface area contributed by atoms with Gasteiger partial charge in [0.15, 0.2) is 71.5 Å². The summed E-state index contributed by atoms with van der Waals surface area (Å²) in [5.74, 6) is 2.52. The number of hydrogen-bond acceptors (Lipinski definition) is 13. The average Bonchev–Trinajstić information content (AvgIpc) is 1.85. The Morgan fingerprint density at radius 1 is 0.364 bits per heavy atom. The van der Waals surface area contributed by atoms with Crippen molar-refractivity contribution in [1.29, 1.82) is 21.6 Å². The van der Waals surface area contributed by atoms with Crippen LogP contribution in [0.4, 0.5) is 5.69 Å². The Morgan fingerprint density at radius 2 is 0.760 bits per heavy atom. The molecule has 9 aromatic rings. The Kier molecular flexibility index (Phi) is 52.5. The minimum Gasteiger partial charge on any atom is -0.370 e. The summed E-state index contributed by atoms with van der Waals surface area (Å²) in [6.07, 6.45) is 14.7. The number of H-pyrrole nitrogens is 8. The summed E-state index contributed by atoms with van der Waals surface area (Å²) < 4.78 is 0. The number of guanidine groups is 18. The lowest BCUT2D eigenvalue weighted by Crippen LogP contribution is -2.45. The van der Waals surface area contributed by atoms with Gasteiger partial charge >= 0.3 is 0 Å². The fourth-order valence-electron chi connectivity index (χ4n) is 8.74. The van der Waals surface area contributed by atoms with Crippen molar-refractivity contribution in [2.75, 3.05) is 84.6 Å². The van der Waals surface area contributed by atoms with E-state index >= 15 is 0 Å². The Bertz CT molecular complexity index is 5030. The maximum Gasteiger partial charge on any atom is 0.223 e. The number of aryl methyl sites for hydroxylation is 1. The molecule has 0 aliphatic rings. The van der Waals surface area contributed by atoms with Gasteiger partial charge in [-0.25, -0.2) is 20.0 Å². The molecule has 0 radical (unpaired) electrons. The molecule has 0 saturated carbocycles. The third kappa shape index (κ3) is 50.6. The average molecular weight is 1810 g/mol. The highest BCUT2D eigenvalue weighted by Crippen LogP contribution is 2.22. The SMILES string of the molecule is CN(C(=N)N)C(N)=NCc1ccc[nH]1.CN(Cc1ccc[nH]1)C(=N)N(C)C(=N)N.CN(Cc1ccc[nH]1)C(=N)N=C(N)N.CN=C(N)N=C(N)N(C)Cc1ccc[nH]1.CN=C(N)NC(N)=NCc1ccc[nH]1.CN=C(N=C(N)N)N(C)Cc1ccc[nH]1.CN=C(N=C(N)N)NCc1ccc[nH]1.Cc1cscc1N=C(N)N=C(N)N(C)C.NC(N)=NC(N)=NCc1ccc[nH]1. The highest BCUT2D eigenvalue weighted by atomic mass is 32.1. The van der Waals surface area contributed by atoms with Gasteiger partial charge in [-0.15, -0.1) is 11.3 Å². The molecule has 0 unspecified atom stereocenters. The van der Waals surface area contributed by atoms with Crippen molar-refractivity contribution in [3.05, 3.63) is 209 Å². The highest BCUT2D eigenvalue weighted by Gasteiger charge is 2.14. The van der Waals surface area contributed by atoms with Crippen LogP contribution in [0.5, 0.6) is 0 Å². The molecule has 9 rings (SSSR count). The number of aromatic nitrogens is 8. The second-order valence-electron chi connectivity index (χ2n) is 26.2. The maximum absolute atomic E-state index is 7.75. The molecule has 0 aliphatic carbocycles. The molecule has 0 saturated heterocycles. The van der Waals surface area contributed by atoms with E-state index in [0.717, 1.165) is 56.8 Å². The molecule has 0 amide bonds. The first-order valence-electron chi connectivity index (χ1n) is 38.2. The summed E-state index contributed by atoms with van der Waals surface area (Å²) in [5, 5.41) is 39.1. The van der Waals surface area contributed by atoms with E-state index in [9.17, 15) is 0 Å². The molecule has 0 fully saturated rings. The van der Waals surface area contributed by atoms with E-state index in [1.54, 1.807) is 101 Å². The molecular formula is C75H131N53S. The quantitative estimate of drug-likeness (QED) is 0.0335. The number of aromatic amines is 8. The van der Waals surface area contributed by atoms with Gasteiger partial charge in [0.1, 0.15) is 0 Å². The zero-order valence-corrected chi connectivity index (χ0v) is 75.7. The summed E-state index contributed by atoms with van der Waals surface area (Å²) >= 11 is 1.58. The molecule has 0 aliphatic heterocycles. The van der Waals surface area contributed by atoms with Gasteiger partial charge in [-0.3, -0.25) is 56.7 Å². The van der Waals surface area contributed by atoms with Crippen LogP contribution in [0.15, 0.2) is 227 Å². The first-order chi connectivity index (χ1) is 61.1. The van der Waals surface area contributed by atoms with E-state index in [1.807, 2.05) is 183 Å². The third-order valence-electron chi connectivity index (χ3n) is 15.5. The molecule has 0 atom stereocenters. The van der Waals surface area contributed by atoms with Gasteiger partial charge < -0.3 is 173 Å². The van der Waals surface area contributed by atoms with Crippen LogP contribution in [0.2, 0.25) is 0 Å². The van der Waals surface area contributed by atoms with E-state index < -0.39 is 0 Å². The summed E-state index contributed by atoms with van der Waals surface area (Å²) in [5.41, 5.74) is 106. The number of aliphatic imine (C=N–C) groups is 14. The van der Waals surface area contributed by atoms with Gasteiger partial charge in [-0.05, 0) is 115 Å². The summed E-state index contributed by atoms with van der Waals surface area (Å²) in [6.45, 7) is 6.45. The molecular weight excluding hydrogens is 1680 g/mol. The fraction of sp³-hybridized carbons (Fsp3) is 0.280. The van der Waals surface area contributed by atoms with Crippen LogP contribution in [0.25, 0.3) is 0 Å². The van der Waals surface area contributed by atoms with Crippen molar-refractivity contribution in [3.8, 4) is 0 Å². The Hall–Kier alpha value is -17.4. The van der Waals surface area contributed by atoms with Crippen molar-refractivity contribution in [3.63, 3.8) is 0 Å². The molecule has 0 aromatic carbocycles. The number of hydrogen-bond donors (Lipinski definition) is 32. The van der Waals surface area contributed by atoms with Crippen molar-refractivity contribution >= 4 is 124 Å². The Balaban J connectivity index is 0.000000726. The second-order valence-corrected chi connectivity index (χ2v) is 26.9. The Labute approximate surface area is 752 Å². The topological polar surface area (TPSA) is 910 Å². The molecule has 9 aromatic heterocycles. The number of nitrogens with zero attached hydrogens (tertiary/aromatic N) is 21. The molecule has 129 heavy (non-hydrogen) atoms. The van der Waals surface area contributed by atoms with Crippen LogP contribution in [0.1, 0.15) is 51.1 Å². The lowest BCUT2D eigenvalue weighted by Gasteiger charge is -2.26. The van der Waals surface area contributed by atoms with Gasteiger partial charge in [0, 0.05) is 185 Å². The Morgan fingerprint density at radius 3 is 1.13 bits per heavy atom. The van der Waals surface area contributed by atoms with Crippen molar-refractivity contribution < 1.29 is 0 Å². The van der Waals surface area contributed by atoms with Crippen LogP contribution in [0.3, 0.4) is 0 Å². The summed E-state index contributed by atoms with van der Waals surface area (Å²) in [4.78, 5) is 89.7. The van der Waals surface area contributed by atoms with Crippen LogP contribution < -0.4 is 114 Å². The largest absolute Gasteiger partial charge is 0.370 e. The minimum absolute atomic E-state index is 0.00827. The molecule has 50 N–H and O–H groups in total. The molecule has 0 bridgehead atoms. The highest BCUT2D eigenvalue weighted by molar-refractivity contribution is 7.08. The van der Waals surface area contributed by atoms with E-state index in [4.69, 9.17) is 125 Å². The molecule has 702 valence electrons. The first-order valence-corrected chi connectivity index (χ1v) is 39.1. The predicted molar refractivity (Wildman–Crippen MR) is 525 cm³/mol. The van der Waals surface area contributed by atoms with E-state index in [0.29, 0.717) is 76.2 Å². The van der Waals surface area contributed by atoms with Crippen LogP contribution in [0, 0.1) is 28.6 Å². The third-order valence-corrected chi connectivity index (χ3v) is 16.4. The van der Waals surface area contributed by atoms with Crippen LogP contribution in [-0.4, -0.2) is 266 Å². The number of thiophene rings is 1. The fourth-order valence-corrected chi connectivity index (χ4v) is 9.50. The van der Waals surface area contributed by atoms with Crippen molar-refractivity contribution in [1.82, 2.24) is 84.8 Å². The predicted octanol–water partition coefficient (Wildman–Crippen LogP) is -2.36. The molecule has 0 spiro atoms. The van der Waals surface area contributed by atoms with E-state index in [1.165, 1.54) is 9.80 Å². The standard InChI is InChI=1S/3C9H16N6.C9H15N5S.4C8H14N6.C7H12N6/c1-12-8(10)14-9(11)15(2)6-7-4-3-5-13-7;1-14(6-7-4-3-5-13-7)9(12)15(2)8(10)11;1-12-9(14-8(10)11)15(2)6-7-4-3-5-13-7;1-6-4-15-5-7(6)12-8(10)13-9(11)14(2)3;1-11-7(9)14-8(10)13-5-6-3-2-4-12-6;1-14(8(11)13-7(9)10)5-6-3-2-4-12-6;1-14(7(9)10)8(11)13-5-6-3-2-4-12-6;1-11-8(14-7(9)10)13-5-6-3-2-4-12-6;8-6(9)13-7(10)12-4-5-2-1-3-11-5/h3-5,13H,6H2,1-2H3,(H4,10,11,12,14);3-5,12-13H,6H2,1-2H3,(H3,10,11);3-5,13H,6H2,1-2H3,(H4,10,11,12,14);4-5H,1-3H3,(H4,10,11,12,13);2-4,12H,5H2,1H3,(H5,9,10,11,13,14);2-4,12H,5H2,1H3,(H5,9,10,11,13);2-4,12H,5H2,1H3,(H3,9,10)(H2,11,13);2-4,12H,5H2,1H3,(H5,9,10,11,13,14);1-3,11H,4H2,(H6,8,9,10,12,13). The smallest absolute Gasteiger partial charge is 0.223 e. The van der Waals surface area contributed by atoms with E-state index in [-0.39, 0.29) is 83.4 Å². The lowest BCUT2D eigenvalue weighted by atomic mass is 10.3. The van der Waals surface area contributed by atoms with Gasteiger partial charge in [0.25, 0.3) is 0 Å². The summed E-state index contributed by atoms with van der Waals surface area (Å²) in [6, 6.07) is 30.8. The van der Waals surface area contributed by atoms with Gasteiger partial charge in [0.05, 0.1) is 58.0 Å². The number of rotatable bonds is 17. The molecule has 54 heteroatoms. The zero-order valence-electron chi connectivity index (χ0n) is 74.9. The van der Waals surface area contributed by atoms with Gasteiger partial charge in [-0.1, -0.05) is 0 Å². The number of nitrogens with one attached hydrogen (secondary N) is 14.